The molecule has 2 amide bonds. The molecule has 150 valence electrons. The zero-order valence-electron chi connectivity index (χ0n) is 15.6. The van der Waals surface area contributed by atoms with Crippen molar-refractivity contribution in [2.45, 2.75) is 26.4 Å². The molecule has 1 heterocycles. The van der Waals surface area contributed by atoms with Crippen molar-refractivity contribution in [2.24, 2.45) is 0 Å². The third-order valence-corrected chi connectivity index (χ3v) is 3.92. The number of benzene rings is 1. The number of para-hydroxylation sites is 1. The Kier molecular flexibility index (Phi) is 6.88. The smallest absolute Gasteiger partial charge is 0.407 e. The molecule has 2 aromatic rings. The van der Waals surface area contributed by atoms with E-state index < -0.39 is 22.5 Å². The molecule has 0 unspecified atom stereocenters. The number of carbonyl (C=O) groups is 2. The Morgan fingerprint density at radius 3 is 2.64 bits per heavy atom. The molecule has 0 atom stereocenters. The number of nitrogens with zero attached hydrogens (tertiary/aromatic N) is 2. The number of carbonyl (C=O) groups excluding carboxylic acids is 2. The first-order valence-corrected chi connectivity index (χ1v) is 9.07. The highest BCUT2D eigenvalue weighted by atomic mass is 32.1. The topological polar surface area (TPSA) is 133 Å². The summed E-state index contributed by atoms with van der Waals surface area (Å²) in [5, 5.41) is 15.7. The van der Waals surface area contributed by atoms with Gasteiger partial charge in [0.1, 0.15) is 24.2 Å². The van der Waals surface area contributed by atoms with Gasteiger partial charge in [-0.2, -0.15) is 0 Å². The van der Waals surface area contributed by atoms with Gasteiger partial charge in [-0.1, -0.05) is 12.1 Å². The van der Waals surface area contributed by atoms with Gasteiger partial charge in [0, 0.05) is 0 Å². The van der Waals surface area contributed by atoms with Gasteiger partial charge in [-0.25, -0.2) is 9.78 Å². The highest BCUT2D eigenvalue weighted by molar-refractivity contribution is 7.18. The van der Waals surface area contributed by atoms with Crippen LogP contribution in [0.1, 0.15) is 31.1 Å². The molecule has 0 radical (unpaired) electrons. The van der Waals surface area contributed by atoms with Crippen LogP contribution in [0, 0.1) is 10.1 Å². The molecule has 10 nitrogen and oxygen atoms in total. The SMILES string of the molecule is CC(C)(C)OC(=O)NCCOc1ccccc1C(=O)Nc1ncc([N+](=O)[O-])s1. The van der Waals surface area contributed by atoms with Crippen LogP contribution in [0.4, 0.5) is 14.9 Å². The van der Waals surface area contributed by atoms with Gasteiger partial charge in [-0.3, -0.25) is 20.2 Å². The molecule has 1 aromatic heterocycles. The van der Waals surface area contributed by atoms with E-state index in [0.717, 1.165) is 17.5 Å². The number of amides is 2. The standard InChI is InChI=1S/C17H20N4O6S/c1-17(2,3)27-16(23)18-8-9-26-12-7-5-4-6-11(12)14(22)20-15-19-10-13(28-15)21(24)25/h4-7,10H,8-9H2,1-3H3,(H,18,23)(H,19,20,22). The minimum absolute atomic E-state index is 0.109. The van der Waals surface area contributed by atoms with Gasteiger partial charge in [0.2, 0.25) is 0 Å². The lowest BCUT2D eigenvalue weighted by atomic mass is 10.2. The monoisotopic (exact) mass is 408 g/mol. The quantitative estimate of drug-likeness (QED) is 0.408. The van der Waals surface area contributed by atoms with Gasteiger partial charge in [0.05, 0.1) is 17.0 Å². The van der Waals surface area contributed by atoms with E-state index in [2.05, 4.69) is 15.6 Å². The number of alkyl carbamates (subject to hydrolysis) is 1. The first-order valence-electron chi connectivity index (χ1n) is 8.26. The molecule has 0 saturated carbocycles. The Labute approximate surface area is 165 Å². The number of hydrogen-bond donors (Lipinski definition) is 2. The molecule has 2 N–H and O–H groups in total. The molecule has 11 heteroatoms. The lowest BCUT2D eigenvalue weighted by molar-refractivity contribution is -0.380. The molecule has 28 heavy (non-hydrogen) atoms. The van der Waals surface area contributed by atoms with Gasteiger partial charge in [0.15, 0.2) is 5.13 Å². The Hall–Kier alpha value is -3.21. The second-order valence-electron chi connectivity index (χ2n) is 6.49. The molecule has 0 spiro atoms. The summed E-state index contributed by atoms with van der Waals surface area (Å²) in [5.74, 6) is -0.211. The van der Waals surface area contributed by atoms with E-state index in [0.29, 0.717) is 5.75 Å². The molecule has 0 fully saturated rings. The van der Waals surface area contributed by atoms with Crippen molar-refractivity contribution in [3.8, 4) is 5.75 Å². The van der Waals surface area contributed by atoms with Crippen LogP contribution in [0.3, 0.4) is 0 Å². The highest BCUT2D eigenvalue weighted by Gasteiger charge is 2.18. The summed E-state index contributed by atoms with van der Waals surface area (Å²) in [6.07, 6.45) is 0.512. The van der Waals surface area contributed by atoms with Crippen LogP contribution < -0.4 is 15.4 Å². The van der Waals surface area contributed by atoms with Crippen molar-refractivity contribution < 1.29 is 24.0 Å². The van der Waals surface area contributed by atoms with Crippen LogP contribution >= 0.6 is 11.3 Å². The average molecular weight is 408 g/mol. The van der Waals surface area contributed by atoms with Crippen LogP contribution in [-0.2, 0) is 4.74 Å². The van der Waals surface area contributed by atoms with E-state index in [9.17, 15) is 19.7 Å². The Morgan fingerprint density at radius 1 is 1.29 bits per heavy atom. The van der Waals surface area contributed by atoms with E-state index in [-0.39, 0.29) is 28.8 Å². The van der Waals surface area contributed by atoms with Gasteiger partial charge >= 0.3 is 11.1 Å². The number of aromatic nitrogens is 1. The molecule has 0 bridgehead atoms. The second kappa shape index (κ2) is 9.13. The average Bonchev–Trinajstić information content (AvgIpc) is 3.06. The predicted octanol–water partition coefficient (Wildman–Crippen LogP) is 3.21. The van der Waals surface area contributed by atoms with Crippen molar-refractivity contribution in [2.75, 3.05) is 18.5 Å². The predicted molar refractivity (Wildman–Crippen MR) is 103 cm³/mol. The van der Waals surface area contributed by atoms with E-state index in [1.807, 2.05) is 0 Å². The fraction of sp³-hybridized carbons (Fsp3) is 0.353. The zero-order chi connectivity index (χ0) is 20.7. The molecule has 2 rings (SSSR count). The Bertz CT molecular complexity index is 861. The first kappa shape index (κ1) is 21.1. The lowest BCUT2D eigenvalue weighted by Gasteiger charge is -2.19. The number of anilines is 1. The van der Waals surface area contributed by atoms with Crippen molar-refractivity contribution >= 4 is 33.5 Å². The summed E-state index contributed by atoms with van der Waals surface area (Å²) in [7, 11) is 0. The number of ether oxygens (including phenoxy) is 2. The lowest BCUT2D eigenvalue weighted by Crippen LogP contribution is -2.34. The number of hydrogen-bond acceptors (Lipinski definition) is 8. The van der Waals surface area contributed by atoms with Crippen LogP contribution in [0.5, 0.6) is 5.75 Å². The molecular formula is C17H20N4O6S. The zero-order valence-corrected chi connectivity index (χ0v) is 16.4. The summed E-state index contributed by atoms with van der Waals surface area (Å²) in [6, 6.07) is 6.51. The fourth-order valence-corrected chi connectivity index (χ4v) is 2.61. The maximum absolute atomic E-state index is 12.4. The van der Waals surface area contributed by atoms with E-state index in [1.54, 1.807) is 45.0 Å². The van der Waals surface area contributed by atoms with E-state index in [4.69, 9.17) is 9.47 Å². The number of nitrogens with one attached hydrogen (secondary N) is 2. The van der Waals surface area contributed by atoms with Crippen molar-refractivity contribution in [1.29, 1.82) is 0 Å². The first-order chi connectivity index (χ1) is 13.2. The van der Waals surface area contributed by atoms with Gasteiger partial charge in [-0.15, -0.1) is 0 Å². The van der Waals surface area contributed by atoms with Gasteiger partial charge in [-0.05, 0) is 44.2 Å². The largest absolute Gasteiger partial charge is 0.491 e. The highest BCUT2D eigenvalue weighted by Crippen LogP contribution is 2.26. The van der Waals surface area contributed by atoms with Gasteiger partial charge in [0.25, 0.3) is 5.91 Å². The number of thiazole rings is 1. The third-order valence-electron chi connectivity index (χ3n) is 3.05. The van der Waals surface area contributed by atoms with E-state index in [1.165, 1.54) is 0 Å². The minimum Gasteiger partial charge on any atom is -0.491 e. The third kappa shape index (κ3) is 6.50. The molecule has 1 aromatic carbocycles. The molecular weight excluding hydrogens is 388 g/mol. The summed E-state index contributed by atoms with van der Waals surface area (Å²) in [5.41, 5.74) is -0.363. The van der Waals surface area contributed by atoms with Crippen LogP contribution in [0.25, 0.3) is 0 Å². The summed E-state index contributed by atoms with van der Waals surface area (Å²) >= 11 is 0.755. The molecule has 0 saturated heterocycles. The molecule has 0 aliphatic rings. The van der Waals surface area contributed by atoms with Crippen LogP contribution in [0.15, 0.2) is 30.5 Å². The Morgan fingerprint density at radius 2 is 2.00 bits per heavy atom. The Balaban J connectivity index is 1.91. The van der Waals surface area contributed by atoms with Crippen molar-refractivity contribution in [1.82, 2.24) is 10.3 Å². The van der Waals surface area contributed by atoms with Crippen LogP contribution in [-0.4, -0.2) is 40.7 Å². The number of rotatable bonds is 7. The summed E-state index contributed by atoms with van der Waals surface area (Å²) in [6.45, 7) is 5.58. The fourth-order valence-electron chi connectivity index (χ4n) is 1.98. The normalized spacial score (nSPS) is 10.8. The second-order valence-corrected chi connectivity index (χ2v) is 7.50. The maximum Gasteiger partial charge on any atom is 0.407 e. The van der Waals surface area contributed by atoms with E-state index >= 15 is 0 Å². The maximum atomic E-state index is 12.4. The molecule has 0 aliphatic carbocycles. The van der Waals surface area contributed by atoms with Crippen LogP contribution in [0.2, 0.25) is 0 Å². The minimum atomic E-state index is -0.597. The van der Waals surface area contributed by atoms with Gasteiger partial charge < -0.3 is 14.8 Å². The summed E-state index contributed by atoms with van der Waals surface area (Å²) in [4.78, 5) is 37.9. The number of nitro groups is 1. The van der Waals surface area contributed by atoms with Crippen molar-refractivity contribution in [3.63, 3.8) is 0 Å². The molecule has 0 aliphatic heterocycles. The summed E-state index contributed by atoms with van der Waals surface area (Å²) < 4.78 is 10.7. The van der Waals surface area contributed by atoms with Crippen molar-refractivity contribution in [3.05, 3.63) is 46.1 Å².